The van der Waals surface area contributed by atoms with Crippen LogP contribution in [0.25, 0.3) is 0 Å². The third-order valence-electron chi connectivity index (χ3n) is 4.10. The van der Waals surface area contributed by atoms with E-state index in [2.05, 4.69) is 36.7 Å². The zero-order valence-corrected chi connectivity index (χ0v) is 17.0. The zero-order chi connectivity index (χ0) is 20.0. The Morgan fingerprint density at radius 1 is 1.04 bits per heavy atom. The first kappa shape index (κ1) is 22.5. The van der Waals surface area contributed by atoms with Gasteiger partial charge in [0, 0.05) is 30.7 Å². The number of carbonyl (C=O) groups excluding carboxylic acids is 1. The number of rotatable bonds is 2. The lowest BCUT2D eigenvalue weighted by Crippen LogP contribution is -2.53. The van der Waals surface area contributed by atoms with Crippen LogP contribution in [0.15, 0.2) is 0 Å². The van der Waals surface area contributed by atoms with E-state index in [0.717, 1.165) is 39.0 Å². The molecule has 26 heavy (non-hydrogen) atoms. The van der Waals surface area contributed by atoms with Crippen molar-refractivity contribution < 1.29 is 19.4 Å². The average Bonchev–Trinajstić information content (AvgIpc) is 3.08. The number of hydrogen-bond donors (Lipinski definition) is 4. The van der Waals surface area contributed by atoms with Gasteiger partial charge in [0.2, 0.25) is 0 Å². The lowest BCUT2D eigenvalue weighted by molar-refractivity contribution is -0.00494. The molecule has 0 aromatic carbocycles. The summed E-state index contributed by atoms with van der Waals surface area (Å²) in [5, 5.41) is 17.0. The van der Waals surface area contributed by atoms with Crippen molar-refractivity contribution in [3.8, 4) is 0 Å². The molecule has 0 aliphatic carbocycles. The van der Waals surface area contributed by atoms with Gasteiger partial charge >= 0.3 is 12.2 Å². The van der Waals surface area contributed by atoms with Gasteiger partial charge < -0.3 is 25.8 Å². The van der Waals surface area contributed by atoms with Crippen molar-refractivity contribution in [2.75, 3.05) is 26.2 Å². The van der Waals surface area contributed by atoms with Gasteiger partial charge in [0.1, 0.15) is 5.60 Å². The fraction of sp³-hybridized carbons (Fsp3) is 0.889. The predicted molar refractivity (Wildman–Crippen MR) is 102 cm³/mol. The Morgan fingerprint density at radius 3 is 2.00 bits per heavy atom. The summed E-state index contributed by atoms with van der Waals surface area (Å²) in [6.07, 6.45) is 0.769. The molecule has 2 saturated heterocycles. The molecule has 0 spiro atoms. The molecule has 4 N–H and O–H groups in total. The first-order valence-corrected chi connectivity index (χ1v) is 9.33. The van der Waals surface area contributed by atoms with Crippen LogP contribution in [0.4, 0.5) is 9.59 Å². The predicted octanol–water partition coefficient (Wildman–Crippen LogP) is 2.00. The SMILES string of the molecule is CC(C)(C)OC(=O)N([C@@H]1CCNC1)C(C)(C)C.O=C(O)N[C@@H]1CCNC1. The molecule has 2 rings (SSSR count). The van der Waals surface area contributed by atoms with Crippen molar-refractivity contribution in [1.29, 1.82) is 0 Å². The second kappa shape index (κ2) is 9.41. The van der Waals surface area contributed by atoms with Crippen LogP contribution in [0.3, 0.4) is 0 Å². The van der Waals surface area contributed by atoms with E-state index in [4.69, 9.17) is 9.84 Å². The molecule has 0 aromatic heterocycles. The van der Waals surface area contributed by atoms with E-state index >= 15 is 0 Å². The van der Waals surface area contributed by atoms with Crippen LogP contribution in [0.2, 0.25) is 0 Å². The molecule has 0 unspecified atom stereocenters. The van der Waals surface area contributed by atoms with Crippen molar-refractivity contribution in [3.63, 3.8) is 0 Å². The van der Waals surface area contributed by atoms with Crippen molar-refractivity contribution in [3.05, 3.63) is 0 Å². The molecular formula is C18H36N4O4. The minimum Gasteiger partial charge on any atom is -0.465 e. The molecule has 8 heteroatoms. The maximum Gasteiger partial charge on any atom is 0.411 e. The number of carbonyl (C=O) groups is 2. The summed E-state index contributed by atoms with van der Waals surface area (Å²) in [5.41, 5.74) is -0.647. The normalized spacial score (nSPS) is 23.0. The third kappa shape index (κ3) is 8.23. The van der Waals surface area contributed by atoms with Crippen LogP contribution >= 0.6 is 0 Å². The van der Waals surface area contributed by atoms with Gasteiger partial charge in [0.05, 0.1) is 0 Å². The minimum atomic E-state index is -0.927. The largest absolute Gasteiger partial charge is 0.465 e. The van der Waals surface area contributed by atoms with E-state index in [9.17, 15) is 9.59 Å². The maximum atomic E-state index is 12.3. The molecule has 2 aliphatic rings. The Hall–Kier alpha value is -1.54. The van der Waals surface area contributed by atoms with E-state index in [-0.39, 0.29) is 23.7 Å². The summed E-state index contributed by atoms with van der Waals surface area (Å²) in [6.45, 7) is 15.4. The summed E-state index contributed by atoms with van der Waals surface area (Å²) in [7, 11) is 0. The summed E-state index contributed by atoms with van der Waals surface area (Å²) < 4.78 is 5.50. The fourth-order valence-corrected chi connectivity index (χ4v) is 3.09. The lowest BCUT2D eigenvalue weighted by Gasteiger charge is -2.40. The van der Waals surface area contributed by atoms with Gasteiger partial charge in [0.15, 0.2) is 0 Å². The molecule has 2 atom stereocenters. The molecule has 0 saturated carbocycles. The molecular weight excluding hydrogens is 336 g/mol. The Bertz CT molecular complexity index is 459. The lowest BCUT2D eigenvalue weighted by atomic mass is 10.0. The van der Waals surface area contributed by atoms with Crippen LogP contribution in [0, 0.1) is 0 Å². The number of nitrogens with zero attached hydrogens (tertiary/aromatic N) is 1. The number of hydrogen-bond acceptors (Lipinski definition) is 5. The molecule has 2 heterocycles. The summed E-state index contributed by atoms with van der Waals surface area (Å²) >= 11 is 0. The number of nitrogens with one attached hydrogen (secondary N) is 3. The topological polar surface area (TPSA) is 103 Å². The Labute approximate surface area is 157 Å². The van der Waals surface area contributed by atoms with Crippen LogP contribution in [0.1, 0.15) is 54.4 Å². The van der Waals surface area contributed by atoms with E-state index in [0.29, 0.717) is 0 Å². The highest BCUT2D eigenvalue weighted by Gasteiger charge is 2.37. The van der Waals surface area contributed by atoms with Crippen molar-refractivity contribution in [2.24, 2.45) is 0 Å². The van der Waals surface area contributed by atoms with Gasteiger partial charge in [-0.3, -0.25) is 4.90 Å². The van der Waals surface area contributed by atoms with E-state index in [1.165, 1.54) is 0 Å². The zero-order valence-electron chi connectivity index (χ0n) is 17.0. The summed E-state index contributed by atoms with van der Waals surface area (Å²) in [6, 6.07) is 0.368. The second-order valence-electron chi connectivity index (χ2n) is 8.81. The van der Waals surface area contributed by atoms with E-state index < -0.39 is 11.7 Å². The molecule has 8 nitrogen and oxygen atoms in total. The summed E-state index contributed by atoms with van der Waals surface area (Å²) in [5.74, 6) is 0. The number of ether oxygens (including phenoxy) is 1. The average molecular weight is 373 g/mol. The monoisotopic (exact) mass is 372 g/mol. The molecule has 0 radical (unpaired) electrons. The molecule has 2 amide bonds. The molecule has 0 aromatic rings. The Balaban J connectivity index is 0.000000314. The third-order valence-corrected chi connectivity index (χ3v) is 4.10. The van der Waals surface area contributed by atoms with Gasteiger partial charge in [-0.05, 0) is 67.5 Å². The highest BCUT2D eigenvalue weighted by Crippen LogP contribution is 2.24. The first-order valence-electron chi connectivity index (χ1n) is 9.33. The van der Waals surface area contributed by atoms with Gasteiger partial charge in [0.25, 0.3) is 0 Å². The molecule has 0 bridgehead atoms. The van der Waals surface area contributed by atoms with E-state index in [1.54, 1.807) is 0 Å². The van der Waals surface area contributed by atoms with Gasteiger partial charge in [-0.2, -0.15) is 0 Å². The molecule has 2 aliphatic heterocycles. The van der Waals surface area contributed by atoms with Crippen molar-refractivity contribution in [2.45, 2.75) is 77.6 Å². The Morgan fingerprint density at radius 2 is 1.62 bits per heavy atom. The van der Waals surface area contributed by atoms with Crippen molar-refractivity contribution >= 4 is 12.2 Å². The quantitative estimate of drug-likeness (QED) is 0.591. The maximum absolute atomic E-state index is 12.3. The van der Waals surface area contributed by atoms with Gasteiger partial charge in [-0.25, -0.2) is 9.59 Å². The first-order chi connectivity index (χ1) is 11.9. The Kier molecular flexibility index (Phi) is 8.15. The number of carboxylic acid groups (broad SMARTS) is 1. The molecule has 152 valence electrons. The highest BCUT2D eigenvalue weighted by molar-refractivity contribution is 5.69. The second-order valence-corrected chi connectivity index (χ2v) is 8.81. The summed E-state index contributed by atoms with van der Waals surface area (Å²) in [4.78, 5) is 24.2. The number of amides is 2. The van der Waals surface area contributed by atoms with Crippen molar-refractivity contribution in [1.82, 2.24) is 20.9 Å². The smallest absolute Gasteiger partial charge is 0.411 e. The molecule has 2 fully saturated rings. The van der Waals surface area contributed by atoms with Crippen LogP contribution in [-0.4, -0.2) is 71.6 Å². The standard InChI is InChI=1S/C13H26N2O2.C5H10N2O2/c1-12(2,3)15(10-7-8-14-9-10)11(16)17-13(4,5)6;8-5(9)7-4-1-2-6-3-4/h10,14H,7-9H2,1-6H3;4,6-7H,1-3H2,(H,8,9)/t10-;4-/m11/s1. The van der Waals surface area contributed by atoms with Crippen LogP contribution in [-0.2, 0) is 4.74 Å². The van der Waals surface area contributed by atoms with Gasteiger partial charge in [-0.15, -0.1) is 0 Å². The van der Waals surface area contributed by atoms with Crippen LogP contribution in [0.5, 0.6) is 0 Å². The van der Waals surface area contributed by atoms with E-state index in [1.807, 2.05) is 25.7 Å². The van der Waals surface area contributed by atoms with Crippen LogP contribution < -0.4 is 16.0 Å². The fourth-order valence-electron chi connectivity index (χ4n) is 3.09. The van der Waals surface area contributed by atoms with Gasteiger partial charge in [-0.1, -0.05) is 0 Å². The highest BCUT2D eigenvalue weighted by atomic mass is 16.6. The minimum absolute atomic E-state index is 0.127.